The third kappa shape index (κ3) is 6.81. The summed E-state index contributed by atoms with van der Waals surface area (Å²) in [6, 6.07) is 0. The minimum absolute atomic E-state index is 0.461. The molecule has 1 rings (SSSR count). The van der Waals surface area contributed by atoms with Gasteiger partial charge in [0, 0.05) is 13.1 Å². The van der Waals surface area contributed by atoms with E-state index in [-0.39, 0.29) is 0 Å². The van der Waals surface area contributed by atoms with Crippen LogP contribution in [0.5, 0.6) is 0 Å². The SMILES string of the molecule is CC(C)CN=C(NN)NCCOC1CCCCC1. The molecular weight excluding hydrogens is 228 g/mol. The molecule has 0 aromatic carbocycles. The van der Waals surface area contributed by atoms with E-state index in [4.69, 9.17) is 10.6 Å². The number of hydrogen-bond acceptors (Lipinski definition) is 3. The standard InChI is InChI=1S/C13H28N4O/c1-11(2)10-16-13(17-14)15-8-9-18-12-6-4-3-5-7-12/h11-12H,3-10,14H2,1-2H3,(H2,15,16,17). The van der Waals surface area contributed by atoms with E-state index in [1.807, 2.05) is 0 Å². The first-order valence-corrected chi connectivity index (χ1v) is 7.09. The highest BCUT2D eigenvalue weighted by atomic mass is 16.5. The molecule has 5 nitrogen and oxygen atoms in total. The van der Waals surface area contributed by atoms with E-state index in [1.54, 1.807) is 0 Å². The van der Waals surface area contributed by atoms with Gasteiger partial charge in [0.25, 0.3) is 0 Å². The molecule has 1 aliphatic rings. The van der Waals surface area contributed by atoms with Crippen molar-refractivity contribution in [3.63, 3.8) is 0 Å². The van der Waals surface area contributed by atoms with Gasteiger partial charge in [0.05, 0.1) is 12.7 Å². The molecule has 0 atom stereocenters. The number of guanidine groups is 1. The molecule has 0 unspecified atom stereocenters. The Morgan fingerprint density at radius 3 is 2.67 bits per heavy atom. The molecule has 0 saturated heterocycles. The van der Waals surface area contributed by atoms with Gasteiger partial charge in [-0.1, -0.05) is 33.1 Å². The van der Waals surface area contributed by atoms with Gasteiger partial charge in [-0.25, -0.2) is 5.84 Å². The molecule has 1 aliphatic carbocycles. The average Bonchev–Trinajstić information content (AvgIpc) is 2.39. The maximum absolute atomic E-state index is 5.82. The summed E-state index contributed by atoms with van der Waals surface area (Å²) in [4.78, 5) is 4.34. The van der Waals surface area contributed by atoms with Crippen molar-refractivity contribution in [3.8, 4) is 0 Å². The van der Waals surface area contributed by atoms with Crippen molar-refractivity contribution in [2.24, 2.45) is 16.8 Å². The number of hydrogen-bond donors (Lipinski definition) is 3. The molecule has 18 heavy (non-hydrogen) atoms. The van der Waals surface area contributed by atoms with E-state index in [2.05, 4.69) is 29.6 Å². The van der Waals surface area contributed by atoms with Crippen molar-refractivity contribution in [2.75, 3.05) is 19.7 Å². The highest BCUT2D eigenvalue weighted by Crippen LogP contribution is 2.19. The number of ether oxygens (including phenoxy) is 1. The third-order valence-electron chi connectivity index (χ3n) is 3.05. The second kappa shape index (κ2) is 9.16. The summed E-state index contributed by atoms with van der Waals surface area (Å²) >= 11 is 0. The van der Waals surface area contributed by atoms with Crippen LogP contribution in [-0.2, 0) is 4.74 Å². The highest BCUT2D eigenvalue weighted by molar-refractivity contribution is 5.79. The predicted molar refractivity (Wildman–Crippen MR) is 75.3 cm³/mol. The average molecular weight is 256 g/mol. The van der Waals surface area contributed by atoms with Crippen LogP contribution in [0.25, 0.3) is 0 Å². The number of rotatable bonds is 6. The van der Waals surface area contributed by atoms with Crippen LogP contribution in [0.15, 0.2) is 4.99 Å². The maximum atomic E-state index is 5.82. The van der Waals surface area contributed by atoms with E-state index in [9.17, 15) is 0 Å². The fourth-order valence-corrected chi connectivity index (χ4v) is 2.05. The molecule has 0 aromatic rings. The monoisotopic (exact) mass is 256 g/mol. The van der Waals surface area contributed by atoms with E-state index in [0.29, 0.717) is 24.6 Å². The van der Waals surface area contributed by atoms with Gasteiger partial charge in [0.2, 0.25) is 5.96 Å². The Kier molecular flexibility index (Phi) is 7.76. The number of nitrogens with zero attached hydrogens (tertiary/aromatic N) is 1. The lowest BCUT2D eigenvalue weighted by Crippen LogP contribution is -2.43. The van der Waals surface area contributed by atoms with Crippen molar-refractivity contribution < 1.29 is 4.74 Å². The summed E-state index contributed by atoms with van der Waals surface area (Å²) in [5, 5.41) is 3.15. The van der Waals surface area contributed by atoms with Crippen LogP contribution in [0.1, 0.15) is 46.0 Å². The summed E-state index contributed by atoms with van der Waals surface area (Å²) < 4.78 is 5.82. The Hall–Kier alpha value is -0.810. The van der Waals surface area contributed by atoms with Crippen LogP contribution in [0.3, 0.4) is 0 Å². The fourth-order valence-electron chi connectivity index (χ4n) is 2.05. The molecule has 0 amide bonds. The molecule has 0 spiro atoms. The summed E-state index contributed by atoms with van der Waals surface area (Å²) in [5.41, 5.74) is 2.58. The Morgan fingerprint density at radius 1 is 1.33 bits per heavy atom. The fraction of sp³-hybridized carbons (Fsp3) is 0.923. The molecule has 0 radical (unpaired) electrons. The lowest BCUT2D eigenvalue weighted by Gasteiger charge is -2.22. The lowest BCUT2D eigenvalue weighted by atomic mass is 9.98. The van der Waals surface area contributed by atoms with Gasteiger partial charge < -0.3 is 10.1 Å². The van der Waals surface area contributed by atoms with Crippen LogP contribution >= 0.6 is 0 Å². The van der Waals surface area contributed by atoms with Crippen LogP contribution in [0.2, 0.25) is 0 Å². The van der Waals surface area contributed by atoms with Crippen LogP contribution in [0.4, 0.5) is 0 Å². The second-order valence-corrected chi connectivity index (χ2v) is 5.29. The predicted octanol–water partition coefficient (Wildman–Crippen LogP) is 1.40. The molecule has 1 saturated carbocycles. The summed E-state index contributed by atoms with van der Waals surface area (Å²) in [7, 11) is 0. The summed E-state index contributed by atoms with van der Waals surface area (Å²) in [5.74, 6) is 6.58. The van der Waals surface area contributed by atoms with Crippen molar-refractivity contribution >= 4 is 5.96 Å². The minimum Gasteiger partial charge on any atom is -0.376 e. The Morgan fingerprint density at radius 2 is 2.06 bits per heavy atom. The van der Waals surface area contributed by atoms with E-state index < -0.39 is 0 Å². The molecule has 0 aliphatic heterocycles. The van der Waals surface area contributed by atoms with Gasteiger partial charge >= 0.3 is 0 Å². The highest BCUT2D eigenvalue weighted by Gasteiger charge is 2.12. The first kappa shape index (κ1) is 15.2. The zero-order valence-corrected chi connectivity index (χ0v) is 11.7. The van der Waals surface area contributed by atoms with Gasteiger partial charge in [-0.15, -0.1) is 0 Å². The minimum atomic E-state index is 0.461. The second-order valence-electron chi connectivity index (χ2n) is 5.29. The summed E-state index contributed by atoms with van der Waals surface area (Å²) in [6.07, 6.45) is 6.86. The molecule has 106 valence electrons. The maximum Gasteiger partial charge on any atom is 0.205 e. The number of hydrazine groups is 1. The van der Waals surface area contributed by atoms with Crippen LogP contribution in [0, 0.1) is 5.92 Å². The van der Waals surface area contributed by atoms with Crippen molar-refractivity contribution in [3.05, 3.63) is 0 Å². The van der Waals surface area contributed by atoms with E-state index >= 15 is 0 Å². The largest absolute Gasteiger partial charge is 0.376 e. The Balaban J connectivity index is 2.09. The quantitative estimate of drug-likeness (QED) is 0.221. The normalized spacial score (nSPS) is 18.1. The van der Waals surface area contributed by atoms with Gasteiger partial charge in [-0.2, -0.15) is 0 Å². The van der Waals surface area contributed by atoms with Gasteiger partial charge in [-0.05, 0) is 18.8 Å². The molecule has 4 N–H and O–H groups in total. The number of nitrogens with one attached hydrogen (secondary N) is 2. The summed E-state index contributed by atoms with van der Waals surface area (Å²) in [6.45, 7) is 6.49. The van der Waals surface area contributed by atoms with Crippen molar-refractivity contribution in [2.45, 2.75) is 52.1 Å². The molecule has 1 fully saturated rings. The zero-order valence-electron chi connectivity index (χ0n) is 11.7. The van der Waals surface area contributed by atoms with Gasteiger partial charge in [0.1, 0.15) is 0 Å². The molecule has 0 bridgehead atoms. The molecule has 5 heteroatoms. The van der Waals surface area contributed by atoms with Crippen molar-refractivity contribution in [1.29, 1.82) is 0 Å². The topological polar surface area (TPSA) is 71.7 Å². The lowest BCUT2D eigenvalue weighted by molar-refractivity contribution is 0.0317. The van der Waals surface area contributed by atoms with Crippen molar-refractivity contribution in [1.82, 2.24) is 10.7 Å². The number of nitrogens with two attached hydrogens (primary N) is 1. The zero-order chi connectivity index (χ0) is 13.2. The molecule has 0 aromatic heterocycles. The van der Waals surface area contributed by atoms with Gasteiger partial charge in [-0.3, -0.25) is 10.4 Å². The Bertz CT molecular complexity index is 237. The molecular formula is C13H28N4O. The first-order chi connectivity index (χ1) is 8.72. The van der Waals surface area contributed by atoms with Crippen LogP contribution < -0.4 is 16.6 Å². The van der Waals surface area contributed by atoms with Gasteiger partial charge in [0.15, 0.2) is 0 Å². The third-order valence-corrected chi connectivity index (χ3v) is 3.05. The Labute approximate surface area is 111 Å². The number of aliphatic imine (C=N–C) groups is 1. The smallest absolute Gasteiger partial charge is 0.205 e. The van der Waals surface area contributed by atoms with E-state index in [0.717, 1.165) is 13.1 Å². The van der Waals surface area contributed by atoms with Crippen LogP contribution in [-0.4, -0.2) is 31.8 Å². The molecule has 0 heterocycles. The van der Waals surface area contributed by atoms with E-state index in [1.165, 1.54) is 32.1 Å². The first-order valence-electron chi connectivity index (χ1n) is 7.09.